The van der Waals surface area contributed by atoms with E-state index >= 15 is 0 Å². The molecule has 5 heteroatoms. The van der Waals surface area contributed by atoms with Gasteiger partial charge in [0, 0.05) is 24.4 Å². The highest BCUT2D eigenvalue weighted by molar-refractivity contribution is 7.13. The quantitative estimate of drug-likeness (QED) is 0.940. The number of carbonyl (C=O) groups is 1. The minimum atomic E-state index is -0.828. The lowest BCUT2D eigenvalue weighted by atomic mass is 9.99. The zero-order valence-corrected chi connectivity index (χ0v) is 11.8. The first kappa shape index (κ1) is 13.1. The summed E-state index contributed by atoms with van der Waals surface area (Å²) in [6, 6.07) is 10.5. The maximum Gasteiger partial charge on any atom is 0.309 e. The van der Waals surface area contributed by atoms with Crippen LogP contribution in [0.2, 0.25) is 0 Å². The van der Waals surface area contributed by atoms with Crippen molar-refractivity contribution < 1.29 is 9.90 Å². The lowest BCUT2D eigenvalue weighted by Gasteiger charge is -2.15. The first-order chi connectivity index (χ1) is 9.72. The Morgan fingerprint density at radius 3 is 2.95 bits per heavy atom. The molecule has 0 spiro atoms. The molecule has 1 N–H and O–H groups in total. The molecule has 0 radical (unpaired) electrons. The summed E-state index contributed by atoms with van der Waals surface area (Å²) >= 11 is 1.54. The van der Waals surface area contributed by atoms with Crippen LogP contribution in [-0.4, -0.2) is 29.1 Å². The van der Waals surface area contributed by atoms with Gasteiger partial charge in [-0.2, -0.15) is 0 Å². The predicted molar refractivity (Wildman–Crippen MR) is 79.5 cm³/mol. The third kappa shape index (κ3) is 2.82. The summed E-state index contributed by atoms with van der Waals surface area (Å²) in [4.78, 5) is 17.4. The van der Waals surface area contributed by atoms with Gasteiger partial charge in [-0.05, 0) is 12.0 Å². The molecule has 1 saturated heterocycles. The molecule has 104 valence electrons. The van der Waals surface area contributed by atoms with Gasteiger partial charge < -0.3 is 10.0 Å². The molecule has 0 bridgehead atoms. The molecule has 1 aromatic heterocycles. The Hall–Kier alpha value is -1.88. The van der Waals surface area contributed by atoms with Crippen LogP contribution >= 0.6 is 11.3 Å². The first-order valence-corrected chi connectivity index (χ1v) is 7.56. The number of carboxylic acid groups (broad SMARTS) is 1. The average Bonchev–Trinajstić information content (AvgIpc) is 3.07. The van der Waals surface area contributed by atoms with Crippen molar-refractivity contribution in [2.24, 2.45) is 0 Å². The fourth-order valence-electron chi connectivity index (χ4n) is 2.61. The highest BCUT2D eigenvalue weighted by Crippen LogP contribution is 2.32. The second-order valence-electron chi connectivity index (χ2n) is 5.03. The minimum Gasteiger partial charge on any atom is -0.481 e. The van der Waals surface area contributed by atoms with Crippen LogP contribution in [0, 0.1) is 0 Å². The third-order valence-electron chi connectivity index (χ3n) is 3.60. The number of hydrogen-bond donors (Lipinski definition) is 1. The second-order valence-corrected chi connectivity index (χ2v) is 5.87. The summed E-state index contributed by atoms with van der Waals surface area (Å²) in [5, 5.41) is 11.6. The lowest BCUT2D eigenvalue weighted by Crippen LogP contribution is -2.19. The van der Waals surface area contributed by atoms with Crippen molar-refractivity contribution in [3.8, 4) is 0 Å². The third-order valence-corrected chi connectivity index (χ3v) is 4.55. The van der Waals surface area contributed by atoms with E-state index in [9.17, 15) is 4.79 Å². The highest BCUT2D eigenvalue weighted by atomic mass is 32.1. The van der Waals surface area contributed by atoms with Gasteiger partial charge in [0.15, 0.2) is 5.13 Å². The predicted octanol–water partition coefficient (Wildman–Crippen LogP) is 2.76. The van der Waals surface area contributed by atoms with E-state index < -0.39 is 5.97 Å². The molecule has 20 heavy (non-hydrogen) atoms. The van der Waals surface area contributed by atoms with Crippen molar-refractivity contribution in [2.45, 2.75) is 18.8 Å². The standard InChI is InChI=1S/C15H16N2O2S/c18-14(19)8-13-10-20-15(16-13)17-7-6-12(9-17)11-4-2-1-3-5-11/h1-5,10,12H,6-9H2,(H,18,19). The summed E-state index contributed by atoms with van der Waals surface area (Å²) in [5.74, 6) is -0.284. The highest BCUT2D eigenvalue weighted by Gasteiger charge is 2.25. The number of nitrogens with zero attached hydrogens (tertiary/aromatic N) is 2. The average molecular weight is 288 g/mol. The van der Waals surface area contributed by atoms with Gasteiger partial charge in [0.2, 0.25) is 0 Å². The van der Waals surface area contributed by atoms with E-state index in [4.69, 9.17) is 5.11 Å². The van der Waals surface area contributed by atoms with Gasteiger partial charge in [-0.15, -0.1) is 11.3 Å². The fraction of sp³-hybridized carbons (Fsp3) is 0.333. The van der Waals surface area contributed by atoms with Gasteiger partial charge >= 0.3 is 5.97 Å². The van der Waals surface area contributed by atoms with Crippen molar-refractivity contribution in [3.05, 3.63) is 47.0 Å². The molecule has 0 amide bonds. The van der Waals surface area contributed by atoms with Crippen LogP contribution in [0.5, 0.6) is 0 Å². The summed E-state index contributed by atoms with van der Waals surface area (Å²) in [5.41, 5.74) is 2.03. The van der Waals surface area contributed by atoms with Crippen LogP contribution in [0.15, 0.2) is 35.7 Å². The van der Waals surface area contributed by atoms with Gasteiger partial charge in [-0.25, -0.2) is 4.98 Å². The molecule has 2 aromatic rings. The Balaban J connectivity index is 1.68. The summed E-state index contributed by atoms with van der Waals surface area (Å²) in [7, 11) is 0. The molecular formula is C15H16N2O2S. The van der Waals surface area contributed by atoms with Crippen molar-refractivity contribution in [2.75, 3.05) is 18.0 Å². The molecule has 3 rings (SSSR count). The first-order valence-electron chi connectivity index (χ1n) is 6.68. The molecule has 1 aliphatic rings. The van der Waals surface area contributed by atoms with E-state index in [1.807, 2.05) is 11.4 Å². The molecule has 1 aliphatic heterocycles. The van der Waals surface area contributed by atoms with Crippen LogP contribution in [-0.2, 0) is 11.2 Å². The van der Waals surface area contributed by atoms with E-state index in [0.717, 1.165) is 24.6 Å². The van der Waals surface area contributed by atoms with Crippen LogP contribution in [0.25, 0.3) is 0 Å². The molecule has 1 atom stereocenters. The Kier molecular flexibility index (Phi) is 3.69. The second kappa shape index (κ2) is 5.63. The topological polar surface area (TPSA) is 53.4 Å². The number of thiazole rings is 1. The Labute approximate surface area is 121 Å². The molecule has 4 nitrogen and oxygen atoms in total. The van der Waals surface area contributed by atoms with Crippen LogP contribution < -0.4 is 4.90 Å². The Bertz CT molecular complexity index is 597. The van der Waals surface area contributed by atoms with E-state index in [1.165, 1.54) is 16.9 Å². The van der Waals surface area contributed by atoms with Crippen molar-refractivity contribution in [3.63, 3.8) is 0 Å². The number of benzene rings is 1. The number of aliphatic carboxylic acids is 1. The van der Waals surface area contributed by atoms with Crippen LogP contribution in [0.3, 0.4) is 0 Å². The number of anilines is 1. The zero-order valence-electron chi connectivity index (χ0n) is 11.0. The normalized spacial score (nSPS) is 18.4. The van der Waals surface area contributed by atoms with Gasteiger partial charge in [-0.1, -0.05) is 30.3 Å². The van der Waals surface area contributed by atoms with Crippen LogP contribution in [0.4, 0.5) is 5.13 Å². The van der Waals surface area contributed by atoms with E-state index in [1.54, 1.807) is 0 Å². The molecule has 1 unspecified atom stereocenters. The molecule has 0 saturated carbocycles. The Morgan fingerprint density at radius 2 is 2.20 bits per heavy atom. The summed E-state index contributed by atoms with van der Waals surface area (Å²) < 4.78 is 0. The van der Waals surface area contributed by atoms with Crippen molar-refractivity contribution >= 4 is 22.4 Å². The van der Waals surface area contributed by atoms with E-state index in [-0.39, 0.29) is 6.42 Å². The van der Waals surface area contributed by atoms with Gasteiger partial charge in [0.25, 0.3) is 0 Å². The number of hydrogen-bond acceptors (Lipinski definition) is 4. The SMILES string of the molecule is O=C(O)Cc1csc(N2CCC(c3ccccc3)C2)n1. The maximum absolute atomic E-state index is 10.7. The largest absolute Gasteiger partial charge is 0.481 e. The van der Waals surface area contributed by atoms with Crippen molar-refractivity contribution in [1.29, 1.82) is 0 Å². The molecule has 1 fully saturated rings. The maximum atomic E-state index is 10.7. The number of carboxylic acids is 1. The molecule has 1 aromatic carbocycles. The smallest absolute Gasteiger partial charge is 0.309 e. The van der Waals surface area contributed by atoms with E-state index in [2.05, 4.69) is 34.1 Å². The Morgan fingerprint density at radius 1 is 1.40 bits per heavy atom. The summed E-state index contributed by atoms with van der Waals surface area (Å²) in [6.07, 6.45) is 1.13. The monoisotopic (exact) mass is 288 g/mol. The van der Waals surface area contributed by atoms with Gasteiger partial charge in [0.05, 0.1) is 12.1 Å². The molecule has 0 aliphatic carbocycles. The fourth-order valence-corrected chi connectivity index (χ4v) is 3.47. The van der Waals surface area contributed by atoms with Crippen molar-refractivity contribution in [1.82, 2.24) is 4.98 Å². The number of aromatic nitrogens is 1. The lowest BCUT2D eigenvalue weighted by molar-refractivity contribution is -0.136. The van der Waals surface area contributed by atoms with Gasteiger partial charge in [0.1, 0.15) is 0 Å². The molecule has 2 heterocycles. The summed E-state index contributed by atoms with van der Waals surface area (Å²) in [6.45, 7) is 1.95. The van der Waals surface area contributed by atoms with Crippen LogP contribution in [0.1, 0.15) is 23.6 Å². The number of rotatable bonds is 4. The molecular weight excluding hydrogens is 272 g/mol. The zero-order chi connectivity index (χ0) is 13.9. The van der Waals surface area contributed by atoms with Gasteiger partial charge in [-0.3, -0.25) is 4.79 Å². The minimum absolute atomic E-state index is 0.00640. The van der Waals surface area contributed by atoms with E-state index in [0.29, 0.717) is 11.6 Å².